The first-order chi connectivity index (χ1) is 15.2. The minimum atomic E-state index is -0.00981. The quantitative estimate of drug-likeness (QED) is 0.314. The van der Waals surface area contributed by atoms with Crippen molar-refractivity contribution in [1.82, 2.24) is 9.97 Å². The summed E-state index contributed by atoms with van der Waals surface area (Å²) in [5.41, 5.74) is 6.00. The van der Waals surface area contributed by atoms with Crippen molar-refractivity contribution in [2.75, 3.05) is 12.5 Å². The Bertz CT molecular complexity index is 1230. The lowest BCUT2D eigenvalue weighted by Gasteiger charge is -2.09. The molecule has 154 valence electrons. The molecule has 0 aliphatic rings. The standard InChI is InChI=1S/C24H20N4O3/c1-31-22-13-7-10-17(23(22)30)15-25-28-24-26-19(16-8-3-2-4-9-16)14-20(27-24)18-11-5-6-12-21(18)29/h2-15,29-30H,1H3,(H,26,27,28). The largest absolute Gasteiger partial charge is 0.507 e. The Morgan fingerprint density at radius 3 is 2.39 bits per heavy atom. The Labute approximate surface area is 179 Å². The average Bonchev–Trinajstić information content (AvgIpc) is 2.81. The zero-order valence-corrected chi connectivity index (χ0v) is 16.7. The van der Waals surface area contributed by atoms with E-state index in [1.807, 2.05) is 42.5 Å². The maximum atomic E-state index is 10.3. The topological polar surface area (TPSA) is 99.9 Å². The zero-order valence-electron chi connectivity index (χ0n) is 16.7. The summed E-state index contributed by atoms with van der Waals surface area (Å²) in [6.45, 7) is 0. The molecule has 0 aliphatic carbocycles. The molecule has 0 aliphatic heterocycles. The lowest BCUT2D eigenvalue weighted by Crippen LogP contribution is -2.00. The molecule has 7 heteroatoms. The summed E-state index contributed by atoms with van der Waals surface area (Å²) in [6.07, 6.45) is 1.45. The molecular weight excluding hydrogens is 392 g/mol. The van der Waals surface area contributed by atoms with Gasteiger partial charge in [-0.1, -0.05) is 48.5 Å². The highest BCUT2D eigenvalue weighted by atomic mass is 16.5. The van der Waals surface area contributed by atoms with Crippen LogP contribution in [0.1, 0.15) is 5.56 Å². The van der Waals surface area contributed by atoms with E-state index in [-0.39, 0.29) is 17.4 Å². The number of hydrazone groups is 1. The van der Waals surface area contributed by atoms with Gasteiger partial charge >= 0.3 is 0 Å². The van der Waals surface area contributed by atoms with Gasteiger partial charge in [0.1, 0.15) is 5.75 Å². The molecule has 1 aromatic heterocycles. The molecule has 0 bridgehead atoms. The van der Waals surface area contributed by atoms with Gasteiger partial charge in [0.05, 0.1) is 24.7 Å². The summed E-state index contributed by atoms with van der Waals surface area (Å²) in [7, 11) is 1.48. The number of methoxy groups -OCH3 is 1. The van der Waals surface area contributed by atoms with Crippen LogP contribution < -0.4 is 10.2 Å². The van der Waals surface area contributed by atoms with Crippen molar-refractivity contribution in [2.45, 2.75) is 0 Å². The number of benzene rings is 3. The molecule has 0 atom stereocenters. The minimum Gasteiger partial charge on any atom is -0.507 e. The maximum Gasteiger partial charge on any atom is 0.244 e. The van der Waals surface area contributed by atoms with E-state index < -0.39 is 0 Å². The monoisotopic (exact) mass is 412 g/mol. The van der Waals surface area contributed by atoms with Crippen molar-refractivity contribution in [1.29, 1.82) is 0 Å². The number of phenolic OH excluding ortho intramolecular Hbond substituents is 2. The van der Waals surface area contributed by atoms with E-state index in [1.54, 1.807) is 36.4 Å². The maximum absolute atomic E-state index is 10.3. The Morgan fingerprint density at radius 1 is 0.871 bits per heavy atom. The third kappa shape index (κ3) is 4.45. The molecule has 0 spiro atoms. The molecule has 0 saturated carbocycles. The third-order valence-corrected chi connectivity index (χ3v) is 4.59. The van der Waals surface area contributed by atoms with Crippen molar-refractivity contribution in [2.24, 2.45) is 5.10 Å². The van der Waals surface area contributed by atoms with Crippen LogP contribution in [0.3, 0.4) is 0 Å². The summed E-state index contributed by atoms with van der Waals surface area (Å²) in [4.78, 5) is 9.04. The fourth-order valence-corrected chi connectivity index (χ4v) is 3.05. The van der Waals surface area contributed by atoms with Gasteiger partial charge in [-0.15, -0.1) is 0 Å². The molecule has 4 rings (SSSR count). The van der Waals surface area contributed by atoms with E-state index in [1.165, 1.54) is 13.3 Å². The number of ether oxygens (including phenoxy) is 1. The number of hydrogen-bond acceptors (Lipinski definition) is 7. The SMILES string of the molecule is COc1cccc(C=NNc2nc(-c3ccccc3)cc(-c3ccccc3O)n2)c1O. The van der Waals surface area contributed by atoms with Crippen molar-refractivity contribution in [3.63, 3.8) is 0 Å². The van der Waals surface area contributed by atoms with Gasteiger partial charge in [0.15, 0.2) is 11.5 Å². The van der Waals surface area contributed by atoms with E-state index in [4.69, 9.17) is 4.74 Å². The molecule has 31 heavy (non-hydrogen) atoms. The molecule has 1 heterocycles. The third-order valence-electron chi connectivity index (χ3n) is 4.59. The van der Waals surface area contributed by atoms with Gasteiger partial charge in [-0.25, -0.2) is 15.4 Å². The van der Waals surface area contributed by atoms with Crippen LogP contribution in [-0.4, -0.2) is 33.5 Å². The Balaban J connectivity index is 1.70. The van der Waals surface area contributed by atoms with E-state index in [0.717, 1.165) is 5.56 Å². The highest BCUT2D eigenvalue weighted by molar-refractivity contribution is 5.85. The van der Waals surface area contributed by atoms with Crippen LogP contribution >= 0.6 is 0 Å². The second-order valence-electron chi connectivity index (χ2n) is 6.61. The van der Waals surface area contributed by atoms with Crippen molar-refractivity contribution >= 4 is 12.2 Å². The molecule has 4 aromatic rings. The first-order valence-corrected chi connectivity index (χ1v) is 9.53. The summed E-state index contributed by atoms with van der Waals surface area (Å²) in [5.74, 6) is 0.715. The molecule has 3 aromatic carbocycles. The van der Waals surface area contributed by atoms with Crippen molar-refractivity contribution < 1.29 is 14.9 Å². The summed E-state index contributed by atoms with van der Waals surface area (Å²) >= 11 is 0. The second kappa shape index (κ2) is 8.96. The number of aromatic hydroxyl groups is 2. The molecule has 0 amide bonds. The van der Waals surface area contributed by atoms with Crippen LogP contribution in [0.5, 0.6) is 17.2 Å². The fraction of sp³-hybridized carbons (Fsp3) is 0.0417. The van der Waals surface area contributed by atoms with Gasteiger partial charge in [-0.2, -0.15) is 5.10 Å². The number of nitrogens with zero attached hydrogens (tertiary/aromatic N) is 3. The first kappa shape index (κ1) is 19.9. The normalized spacial score (nSPS) is 10.9. The summed E-state index contributed by atoms with van der Waals surface area (Å²) in [6, 6.07) is 23.6. The van der Waals surface area contributed by atoms with E-state index in [2.05, 4.69) is 20.5 Å². The number of para-hydroxylation sites is 2. The van der Waals surface area contributed by atoms with Crippen LogP contribution in [0.25, 0.3) is 22.5 Å². The van der Waals surface area contributed by atoms with Gasteiger partial charge < -0.3 is 14.9 Å². The van der Waals surface area contributed by atoms with Crippen molar-refractivity contribution in [3.8, 4) is 39.8 Å². The lowest BCUT2D eigenvalue weighted by atomic mass is 10.1. The fourth-order valence-electron chi connectivity index (χ4n) is 3.05. The van der Waals surface area contributed by atoms with Crippen LogP contribution in [0.15, 0.2) is 84.0 Å². The summed E-state index contributed by atoms with van der Waals surface area (Å²) in [5, 5.41) is 24.6. The van der Waals surface area contributed by atoms with Crippen LogP contribution in [0.4, 0.5) is 5.95 Å². The lowest BCUT2D eigenvalue weighted by molar-refractivity contribution is 0.373. The molecule has 7 nitrogen and oxygen atoms in total. The molecule has 3 N–H and O–H groups in total. The van der Waals surface area contributed by atoms with Crippen molar-refractivity contribution in [3.05, 3.63) is 84.4 Å². The minimum absolute atomic E-state index is 0.00981. The Morgan fingerprint density at radius 2 is 1.61 bits per heavy atom. The predicted octanol–water partition coefficient (Wildman–Crippen LogP) is 4.68. The Kier molecular flexibility index (Phi) is 5.75. The van der Waals surface area contributed by atoms with Crippen LogP contribution in [0, 0.1) is 0 Å². The van der Waals surface area contributed by atoms with E-state index >= 15 is 0 Å². The van der Waals surface area contributed by atoms with E-state index in [9.17, 15) is 10.2 Å². The predicted molar refractivity (Wildman–Crippen MR) is 120 cm³/mol. The van der Waals surface area contributed by atoms with Gasteiger partial charge in [0.2, 0.25) is 5.95 Å². The zero-order chi connectivity index (χ0) is 21.6. The van der Waals surface area contributed by atoms with Gasteiger partial charge in [-0.3, -0.25) is 0 Å². The molecular formula is C24H20N4O3. The van der Waals surface area contributed by atoms with Gasteiger partial charge in [0, 0.05) is 16.7 Å². The molecule has 0 saturated heterocycles. The van der Waals surface area contributed by atoms with Crippen LogP contribution in [0.2, 0.25) is 0 Å². The highest BCUT2D eigenvalue weighted by Crippen LogP contribution is 2.31. The van der Waals surface area contributed by atoms with Gasteiger partial charge in [-0.05, 0) is 30.3 Å². The smallest absolute Gasteiger partial charge is 0.244 e. The number of hydrogen-bond donors (Lipinski definition) is 3. The Hall–Kier alpha value is -4.39. The number of phenols is 2. The first-order valence-electron chi connectivity index (χ1n) is 9.53. The highest BCUT2D eigenvalue weighted by Gasteiger charge is 2.11. The molecule has 0 radical (unpaired) electrons. The number of nitrogens with one attached hydrogen (secondary N) is 1. The second-order valence-corrected chi connectivity index (χ2v) is 6.61. The van der Waals surface area contributed by atoms with Gasteiger partial charge in [0.25, 0.3) is 0 Å². The summed E-state index contributed by atoms with van der Waals surface area (Å²) < 4.78 is 5.11. The number of anilines is 1. The van der Waals surface area contributed by atoms with Crippen LogP contribution in [-0.2, 0) is 0 Å². The molecule has 0 fully saturated rings. The average molecular weight is 412 g/mol. The number of rotatable bonds is 6. The van der Waals surface area contributed by atoms with E-state index in [0.29, 0.717) is 28.3 Å². The number of aromatic nitrogens is 2. The molecule has 0 unspecified atom stereocenters.